The van der Waals surface area contributed by atoms with Crippen molar-refractivity contribution in [1.29, 1.82) is 0 Å². The van der Waals surface area contributed by atoms with Crippen molar-refractivity contribution >= 4 is 24.3 Å². The van der Waals surface area contributed by atoms with Crippen LogP contribution < -0.4 is 5.32 Å². The highest BCUT2D eigenvalue weighted by atomic mass is 35.5. The van der Waals surface area contributed by atoms with Gasteiger partial charge in [0, 0.05) is 13.1 Å². The first-order valence-corrected chi connectivity index (χ1v) is 9.32. The molecule has 3 atom stereocenters. The van der Waals surface area contributed by atoms with E-state index < -0.39 is 11.4 Å². The Morgan fingerprint density at radius 3 is 2.56 bits per heavy atom. The molecule has 1 aromatic carbocycles. The molecule has 1 unspecified atom stereocenters. The maximum absolute atomic E-state index is 13.2. The smallest absolute Gasteiger partial charge is 0.311 e. The summed E-state index contributed by atoms with van der Waals surface area (Å²) in [6, 6.07) is 5.99. The Hall–Kier alpha value is -1.66. The summed E-state index contributed by atoms with van der Waals surface area (Å²) in [4.78, 5) is 26.3. The van der Waals surface area contributed by atoms with Gasteiger partial charge in [0.25, 0.3) is 0 Å². The fourth-order valence-corrected chi connectivity index (χ4v) is 4.59. The lowest BCUT2D eigenvalue weighted by molar-refractivity contribution is -0.149. The second kappa shape index (κ2) is 8.57. The fraction of sp³-hybridized carbons (Fsp3) is 0.600. The third-order valence-electron chi connectivity index (χ3n) is 5.95. The van der Waals surface area contributed by atoms with Gasteiger partial charge in [0.1, 0.15) is 5.82 Å². The standard InChI is InChI=1S/C20H27FN2O3.ClH/c1-13(2)18(14-5-7-16(21)8-6-14)22-17(24)11-23-10-15-4-3-9-20(15,12-23)19(25)26;/h5-8,13,15,18H,3-4,9-12H2,1-2H3,(H,22,24)(H,25,26);1H/t15-,18?,20+;/m0./s1. The molecule has 1 saturated carbocycles. The molecule has 5 nitrogen and oxygen atoms in total. The fourth-order valence-electron chi connectivity index (χ4n) is 4.59. The molecular weight excluding hydrogens is 371 g/mol. The van der Waals surface area contributed by atoms with Gasteiger partial charge in [-0.05, 0) is 42.4 Å². The van der Waals surface area contributed by atoms with Crippen LogP contribution in [0.4, 0.5) is 4.39 Å². The van der Waals surface area contributed by atoms with Crippen LogP contribution in [0.1, 0.15) is 44.7 Å². The second-order valence-corrected chi connectivity index (χ2v) is 8.06. The van der Waals surface area contributed by atoms with Crippen LogP contribution in [0.2, 0.25) is 0 Å². The number of hydrogen-bond acceptors (Lipinski definition) is 3. The number of aliphatic carboxylic acids is 1. The van der Waals surface area contributed by atoms with Crippen LogP contribution in [-0.2, 0) is 9.59 Å². The number of amides is 1. The number of fused-ring (bicyclic) bond motifs is 1. The van der Waals surface area contributed by atoms with Crippen molar-refractivity contribution in [3.8, 4) is 0 Å². The number of rotatable bonds is 6. The number of carboxylic acid groups (broad SMARTS) is 1. The topological polar surface area (TPSA) is 69.6 Å². The van der Waals surface area contributed by atoms with E-state index in [1.807, 2.05) is 18.7 Å². The molecule has 1 amide bonds. The summed E-state index contributed by atoms with van der Waals surface area (Å²) in [5.41, 5.74) is 0.198. The highest BCUT2D eigenvalue weighted by molar-refractivity contribution is 5.85. The van der Waals surface area contributed by atoms with Crippen molar-refractivity contribution < 1.29 is 19.1 Å². The molecule has 1 aliphatic carbocycles. The summed E-state index contributed by atoms with van der Waals surface area (Å²) in [7, 11) is 0. The first kappa shape index (κ1) is 21.6. The molecule has 1 aliphatic heterocycles. The van der Waals surface area contributed by atoms with Crippen molar-refractivity contribution in [2.75, 3.05) is 19.6 Å². The number of carboxylic acids is 1. The average molecular weight is 399 g/mol. The molecule has 27 heavy (non-hydrogen) atoms. The van der Waals surface area contributed by atoms with Gasteiger partial charge in [-0.15, -0.1) is 12.4 Å². The van der Waals surface area contributed by atoms with Gasteiger partial charge in [0.2, 0.25) is 5.91 Å². The summed E-state index contributed by atoms with van der Waals surface area (Å²) in [5, 5.41) is 12.7. The van der Waals surface area contributed by atoms with Gasteiger partial charge in [-0.2, -0.15) is 0 Å². The van der Waals surface area contributed by atoms with Gasteiger partial charge in [-0.3, -0.25) is 14.5 Å². The van der Waals surface area contributed by atoms with E-state index in [2.05, 4.69) is 5.32 Å². The third-order valence-corrected chi connectivity index (χ3v) is 5.95. The summed E-state index contributed by atoms with van der Waals surface area (Å²) in [6.45, 7) is 5.34. The second-order valence-electron chi connectivity index (χ2n) is 8.06. The quantitative estimate of drug-likeness (QED) is 0.771. The molecular formula is C20H28ClFN2O3. The minimum absolute atomic E-state index is 0. The zero-order chi connectivity index (χ0) is 18.9. The summed E-state index contributed by atoms with van der Waals surface area (Å²) in [6.07, 6.45) is 2.58. The zero-order valence-corrected chi connectivity index (χ0v) is 16.6. The summed E-state index contributed by atoms with van der Waals surface area (Å²) in [5.74, 6) is -0.841. The normalized spacial score (nSPS) is 25.7. The maximum atomic E-state index is 13.2. The molecule has 2 fully saturated rings. The third kappa shape index (κ3) is 4.43. The van der Waals surface area contributed by atoms with Crippen molar-refractivity contribution in [2.45, 2.75) is 39.2 Å². The lowest BCUT2D eigenvalue weighted by Gasteiger charge is -2.25. The van der Waals surface area contributed by atoms with Crippen molar-refractivity contribution in [3.63, 3.8) is 0 Å². The van der Waals surface area contributed by atoms with Gasteiger partial charge in [-0.1, -0.05) is 32.4 Å². The van der Waals surface area contributed by atoms with Crippen LogP contribution in [0.5, 0.6) is 0 Å². The Labute approximate surface area is 165 Å². The Kier molecular flexibility index (Phi) is 6.87. The minimum Gasteiger partial charge on any atom is -0.481 e. The molecule has 2 N–H and O–H groups in total. The molecule has 0 spiro atoms. The van der Waals surface area contributed by atoms with E-state index in [1.54, 1.807) is 12.1 Å². The van der Waals surface area contributed by atoms with E-state index in [4.69, 9.17) is 0 Å². The number of nitrogens with zero attached hydrogens (tertiary/aromatic N) is 1. The van der Waals surface area contributed by atoms with Gasteiger partial charge in [0.15, 0.2) is 0 Å². The van der Waals surface area contributed by atoms with Crippen molar-refractivity contribution in [3.05, 3.63) is 35.6 Å². The lowest BCUT2D eigenvalue weighted by Crippen LogP contribution is -2.41. The molecule has 150 valence electrons. The van der Waals surface area contributed by atoms with Crippen LogP contribution in [0, 0.1) is 23.1 Å². The number of nitrogens with one attached hydrogen (secondary N) is 1. The highest BCUT2D eigenvalue weighted by Gasteiger charge is 2.54. The van der Waals surface area contributed by atoms with Gasteiger partial charge < -0.3 is 10.4 Å². The van der Waals surface area contributed by atoms with Gasteiger partial charge in [0.05, 0.1) is 18.0 Å². The monoisotopic (exact) mass is 398 g/mol. The molecule has 0 aromatic heterocycles. The number of benzene rings is 1. The molecule has 1 heterocycles. The van der Waals surface area contributed by atoms with E-state index in [0.29, 0.717) is 19.5 Å². The molecule has 0 bridgehead atoms. The van der Waals surface area contributed by atoms with Crippen LogP contribution in [0.25, 0.3) is 0 Å². The molecule has 2 aliphatic rings. The highest BCUT2D eigenvalue weighted by Crippen LogP contribution is 2.48. The number of halogens is 2. The lowest BCUT2D eigenvalue weighted by atomic mass is 9.81. The molecule has 3 rings (SSSR count). The van der Waals surface area contributed by atoms with Gasteiger partial charge in [-0.25, -0.2) is 4.39 Å². The van der Waals surface area contributed by atoms with Crippen LogP contribution >= 0.6 is 12.4 Å². The number of hydrogen-bond donors (Lipinski definition) is 2. The molecule has 1 saturated heterocycles. The van der Waals surface area contributed by atoms with Crippen LogP contribution in [0.15, 0.2) is 24.3 Å². The summed E-state index contributed by atoms with van der Waals surface area (Å²) < 4.78 is 13.2. The predicted octanol–water partition coefficient (Wildman–Crippen LogP) is 3.25. The van der Waals surface area contributed by atoms with Crippen molar-refractivity contribution in [1.82, 2.24) is 10.2 Å². The van der Waals surface area contributed by atoms with E-state index in [9.17, 15) is 19.1 Å². The SMILES string of the molecule is CC(C)C(NC(=O)CN1C[C@@H]2CCC[C@@]2(C(=O)O)C1)c1ccc(F)cc1.Cl. The minimum atomic E-state index is -0.728. The molecule has 1 aromatic rings. The van der Waals surface area contributed by atoms with E-state index in [0.717, 1.165) is 18.4 Å². The zero-order valence-electron chi connectivity index (χ0n) is 15.8. The molecule has 0 radical (unpaired) electrons. The van der Waals surface area contributed by atoms with E-state index >= 15 is 0 Å². The predicted molar refractivity (Wildman–Crippen MR) is 103 cm³/mol. The number of likely N-dealkylation sites (tertiary alicyclic amines) is 1. The summed E-state index contributed by atoms with van der Waals surface area (Å²) >= 11 is 0. The maximum Gasteiger partial charge on any atom is 0.311 e. The van der Waals surface area contributed by atoms with Crippen molar-refractivity contribution in [2.24, 2.45) is 17.3 Å². The van der Waals surface area contributed by atoms with Crippen LogP contribution in [0.3, 0.4) is 0 Å². The Morgan fingerprint density at radius 1 is 1.33 bits per heavy atom. The first-order valence-electron chi connectivity index (χ1n) is 9.32. The van der Waals surface area contributed by atoms with Gasteiger partial charge >= 0.3 is 5.97 Å². The average Bonchev–Trinajstić information content (AvgIpc) is 3.11. The molecule has 7 heteroatoms. The number of carbonyl (C=O) groups excluding carboxylic acids is 1. The van der Waals surface area contributed by atoms with E-state index in [-0.39, 0.29) is 48.6 Å². The Balaban J connectivity index is 0.00000261. The van der Waals surface area contributed by atoms with E-state index in [1.165, 1.54) is 12.1 Å². The Morgan fingerprint density at radius 2 is 2.00 bits per heavy atom. The largest absolute Gasteiger partial charge is 0.481 e. The van der Waals surface area contributed by atoms with Crippen LogP contribution in [-0.4, -0.2) is 41.5 Å². The first-order chi connectivity index (χ1) is 12.3. The number of carbonyl (C=O) groups is 2. The Bertz CT molecular complexity index is 682.